The largest absolute Gasteiger partial charge is 0.316 e. The van der Waals surface area contributed by atoms with Gasteiger partial charge in [-0.05, 0) is 5.56 Å². The Morgan fingerprint density at radius 3 is 2.18 bits per heavy atom. The monoisotopic (exact) mass is 153 g/mol. The Labute approximate surface area is 67.8 Å². The van der Waals surface area contributed by atoms with Crippen molar-refractivity contribution in [1.82, 2.24) is 5.48 Å². The zero-order valence-electron chi connectivity index (χ0n) is 7.04. The second-order valence-corrected chi connectivity index (χ2v) is 1.82. The SMILES string of the molecule is CC.ONCc1ccccc1. The van der Waals surface area contributed by atoms with E-state index in [-0.39, 0.29) is 0 Å². The summed E-state index contributed by atoms with van der Waals surface area (Å²) in [4.78, 5) is 0. The van der Waals surface area contributed by atoms with E-state index in [0.29, 0.717) is 6.54 Å². The highest BCUT2D eigenvalue weighted by molar-refractivity contribution is 5.13. The minimum atomic E-state index is 0.515. The lowest BCUT2D eigenvalue weighted by Gasteiger charge is -1.94. The minimum Gasteiger partial charge on any atom is -0.316 e. The molecule has 0 bridgehead atoms. The third kappa shape index (κ3) is 4.53. The van der Waals surface area contributed by atoms with Gasteiger partial charge in [-0.25, -0.2) is 5.48 Å². The van der Waals surface area contributed by atoms with Crippen molar-refractivity contribution in [3.8, 4) is 0 Å². The average molecular weight is 153 g/mol. The van der Waals surface area contributed by atoms with E-state index in [1.165, 1.54) is 0 Å². The highest BCUT2D eigenvalue weighted by atomic mass is 16.5. The van der Waals surface area contributed by atoms with Crippen LogP contribution in [-0.2, 0) is 6.54 Å². The van der Waals surface area contributed by atoms with Crippen molar-refractivity contribution in [2.24, 2.45) is 0 Å². The summed E-state index contributed by atoms with van der Waals surface area (Å²) < 4.78 is 0. The average Bonchev–Trinajstić information content (AvgIpc) is 2.11. The Kier molecular flexibility index (Phi) is 6.68. The summed E-state index contributed by atoms with van der Waals surface area (Å²) in [5.74, 6) is 0. The van der Waals surface area contributed by atoms with Crippen LogP contribution in [0.2, 0.25) is 0 Å². The van der Waals surface area contributed by atoms with Gasteiger partial charge in [0.15, 0.2) is 0 Å². The van der Waals surface area contributed by atoms with Crippen molar-refractivity contribution in [3.63, 3.8) is 0 Å². The van der Waals surface area contributed by atoms with Gasteiger partial charge < -0.3 is 5.21 Å². The van der Waals surface area contributed by atoms with E-state index >= 15 is 0 Å². The predicted molar refractivity (Wildman–Crippen MR) is 46.4 cm³/mol. The fraction of sp³-hybridized carbons (Fsp3) is 0.333. The molecular weight excluding hydrogens is 138 g/mol. The highest BCUT2D eigenvalue weighted by Crippen LogP contribution is 1.95. The second-order valence-electron chi connectivity index (χ2n) is 1.82. The van der Waals surface area contributed by atoms with E-state index < -0.39 is 0 Å². The topological polar surface area (TPSA) is 32.3 Å². The molecule has 0 spiro atoms. The number of hydrogen-bond acceptors (Lipinski definition) is 2. The van der Waals surface area contributed by atoms with Crippen LogP contribution in [0.15, 0.2) is 30.3 Å². The Morgan fingerprint density at radius 1 is 1.18 bits per heavy atom. The van der Waals surface area contributed by atoms with Gasteiger partial charge in [0.1, 0.15) is 0 Å². The van der Waals surface area contributed by atoms with Crippen molar-refractivity contribution in [3.05, 3.63) is 35.9 Å². The van der Waals surface area contributed by atoms with Gasteiger partial charge in [-0.15, -0.1) is 0 Å². The first-order chi connectivity index (χ1) is 5.43. The number of hydroxylamine groups is 1. The first-order valence-electron chi connectivity index (χ1n) is 3.84. The summed E-state index contributed by atoms with van der Waals surface area (Å²) in [6.07, 6.45) is 0. The van der Waals surface area contributed by atoms with Crippen LogP contribution in [0.1, 0.15) is 19.4 Å². The predicted octanol–water partition coefficient (Wildman–Crippen LogP) is 2.19. The maximum atomic E-state index is 8.27. The maximum absolute atomic E-state index is 8.27. The van der Waals surface area contributed by atoms with Crippen LogP contribution < -0.4 is 5.48 Å². The van der Waals surface area contributed by atoms with Gasteiger partial charge in [0, 0.05) is 6.54 Å². The summed E-state index contributed by atoms with van der Waals surface area (Å²) in [5.41, 5.74) is 3.17. The smallest absolute Gasteiger partial charge is 0.0458 e. The zero-order valence-corrected chi connectivity index (χ0v) is 7.04. The molecule has 2 N–H and O–H groups in total. The van der Waals surface area contributed by atoms with Crippen LogP contribution >= 0.6 is 0 Å². The molecule has 0 heterocycles. The lowest BCUT2D eigenvalue weighted by Crippen LogP contribution is -2.05. The molecule has 1 rings (SSSR count). The van der Waals surface area contributed by atoms with Gasteiger partial charge in [-0.1, -0.05) is 44.2 Å². The van der Waals surface area contributed by atoms with Crippen molar-refractivity contribution in [1.29, 1.82) is 0 Å². The van der Waals surface area contributed by atoms with Crippen LogP contribution in [0.25, 0.3) is 0 Å². The molecule has 0 aliphatic carbocycles. The fourth-order valence-electron chi connectivity index (χ4n) is 0.687. The Hall–Kier alpha value is -0.860. The van der Waals surface area contributed by atoms with Gasteiger partial charge in [-0.2, -0.15) is 0 Å². The summed E-state index contributed by atoms with van der Waals surface area (Å²) in [7, 11) is 0. The molecule has 2 nitrogen and oxygen atoms in total. The number of rotatable bonds is 2. The molecule has 0 saturated carbocycles. The number of benzene rings is 1. The Balaban J connectivity index is 0.000000461. The molecule has 0 radical (unpaired) electrons. The first kappa shape index (κ1) is 10.1. The third-order valence-corrected chi connectivity index (χ3v) is 1.13. The lowest BCUT2D eigenvalue weighted by atomic mass is 10.2. The van der Waals surface area contributed by atoms with E-state index in [9.17, 15) is 0 Å². The van der Waals surface area contributed by atoms with E-state index in [1.54, 1.807) is 0 Å². The molecule has 0 saturated heterocycles. The quantitative estimate of drug-likeness (QED) is 0.638. The van der Waals surface area contributed by atoms with E-state index in [4.69, 9.17) is 5.21 Å². The molecule has 1 aromatic rings. The van der Waals surface area contributed by atoms with E-state index in [0.717, 1.165) is 5.56 Å². The first-order valence-corrected chi connectivity index (χ1v) is 3.84. The van der Waals surface area contributed by atoms with Crippen molar-refractivity contribution < 1.29 is 5.21 Å². The molecule has 0 aromatic heterocycles. The highest BCUT2D eigenvalue weighted by Gasteiger charge is 1.84. The van der Waals surface area contributed by atoms with Crippen LogP contribution in [0.4, 0.5) is 0 Å². The third-order valence-electron chi connectivity index (χ3n) is 1.13. The molecule has 0 aliphatic rings. The van der Waals surface area contributed by atoms with Crippen LogP contribution in [0.3, 0.4) is 0 Å². The molecular formula is C9H15NO. The molecule has 0 atom stereocenters. The van der Waals surface area contributed by atoms with E-state index in [2.05, 4.69) is 5.48 Å². The molecule has 0 aliphatic heterocycles. The fourth-order valence-corrected chi connectivity index (χ4v) is 0.687. The molecule has 1 aromatic carbocycles. The van der Waals surface area contributed by atoms with E-state index in [1.807, 2.05) is 44.2 Å². The molecule has 0 unspecified atom stereocenters. The van der Waals surface area contributed by atoms with Gasteiger partial charge >= 0.3 is 0 Å². The van der Waals surface area contributed by atoms with Crippen LogP contribution in [0.5, 0.6) is 0 Å². The normalized spacial score (nSPS) is 8.27. The van der Waals surface area contributed by atoms with Crippen molar-refractivity contribution in [2.75, 3.05) is 0 Å². The summed E-state index contributed by atoms with van der Waals surface area (Å²) in [6, 6.07) is 9.71. The van der Waals surface area contributed by atoms with Gasteiger partial charge in [-0.3, -0.25) is 0 Å². The zero-order chi connectivity index (χ0) is 8.53. The minimum absolute atomic E-state index is 0.515. The van der Waals surface area contributed by atoms with Crippen molar-refractivity contribution >= 4 is 0 Å². The molecule has 11 heavy (non-hydrogen) atoms. The second kappa shape index (κ2) is 7.25. The molecule has 62 valence electrons. The van der Waals surface area contributed by atoms with Crippen LogP contribution in [0, 0.1) is 0 Å². The molecule has 0 amide bonds. The molecule has 2 heteroatoms. The van der Waals surface area contributed by atoms with Gasteiger partial charge in [0.05, 0.1) is 0 Å². The summed E-state index contributed by atoms with van der Waals surface area (Å²) >= 11 is 0. The maximum Gasteiger partial charge on any atom is 0.0458 e. The lowest BCUT2D eigenvalue weighted by molar-refractivity contribution is 0.161. The number of nitrogens with one attached hydrogen (secondary N) is 1. The Bertz CT molecular complexity index is 162. The summed E-state index contributed by atoms with van der Waals surface area (Å²) in [6.45, 7) is 4.51. The summed E-state index contributed by atoms with van der Waals surface area (Å²) in [5, 5.41) is 8.27. The van der Waals surface area contributed by atoms with Crippen molar-refractivity contribution in [2.45, 2.75) is 20.4 Å². The number of hydrogen-bond donors (Lipinski definition) is 2. The van der Waals surface area contributed by atoms with Gasteiger partial charge in [0.25, 0.3) is 0 Å². The van der Waals surface area contributed by atoms with Gasteiger partial charge in [0.2, 0.25) is 0 Å². The standard InChI is InChI=1S/C7H9NO.C2H6/c9-8-6-7-4-2-1-3-5-7;1-2/h1-5,8-9H,6H2;1-2H3. The molecule has 0 fully saturated rings. The Morgan fingerprint density at radius 2 is 1.73 bits per heavy atom. The van der Waals surface area contributed by atoms with Crippen LogP contribution in [-0.4, -0.2) is 5.21 Å².